The third-order valence-corrected chi connectivity index (χ3v) is 1.55. The third-order valence-electron chi connectivity index (χ3n) is 1.55. The fourth-order valence-electron chi connectivity index (χ4n) is 0.884. The quantitative estimate of drug-likeness (QED) is 0.501. The van der Waals surface area contributed by atoms with Gasteiger partial charge in [0.15, 0.2) is 0 Å². The lowest BCUT2D eigenvalue weighted by Crippen LogP contribution is -1.98. The Bertz CT molecular complexity index is 312. The van der Waals surface area contributed by atoms with Gasteiger partial charge in [0.2, 0.25) is 6.54 Å². The monoisotopic (exact) mass is 169 g/mol. The SMILES string of the molecule is Cc1ccc(C[N+](=O)[O-])cc1F. The molecule has 0 aliphatic carbocycles. The van der Waals surface area contributed by atoms with Gasteiger partial charge in [0, 0.05) is 10.5 Å². The summed E-state index contributed by atoms with van der Waals surface area (Å²) in [5.74, 6) is -0.394. The molecule has 0 heterocycles. The Morgan fingerprint density at radius 3 is 2.75 bits per heavy atom. The summed E-state index contributed by atoms with van der Waals surface area (Å²) < 4.78 is 12.8. The number of aryl methyl sites for hydroxylation is 1. The van der Waals surface area contributed by atoms with Crippen LogP contribution in [-0.4, -0.2) is 4.92 Å². The van der Waals surface area contributed by atoms with Gasteiger partial charge in [0.1, 0.15) is 5.82 Å². The highest BCUT2D eigenvalue weighted by Crippen LogP contribution is 2.09. The Labute approximate surface area is 69.0 Å². The molecule has 0 aliphatic heterocycles. The van der Waals surface area contributed by atoms with Crippen molar-refractivity contribution in [3.05, 3.63) is 45.3 Å². The number of nitro groups is 1. The lowest BCUT2D eigenvalue weighted by atomic mass is 10.1. The van der Waals surface area contributed by atoms with Gasteiger partial charge in [-0.05, 0) is 18.6 Å². The predicted molar refractivity (Wildman–Crippen MR) is 41.8 cm³/mol. The van der Waals surface area contributed by atoms with E-state index in [0.29, 0.717) is 11.1 Å². The van der Waals surface area contributed by atoms with Crippen molar-refractivity contribution in [1.82, 2.24) is 0 Å². The van der Waals surface area contributed by atoms with Crippen LogP contribution in [0.5, 0.6) is 0 Å². The summed E-state index contributed by atoms with van der Waals surface area (Å²) in [6, 6.07) is 4.29. The first-order chi connectivity index (χ1) is 5.59. The number of halogens is 1. The number of hydrogen-bond acceptors (Lipinski definition) is 2. The van der Waals surface area contributed by atoms with E-state index in [1.54, 1.807) is 13.0 Å². The van der Waals surface area contributed by atoms with E-state index < -0.39 is 10.7 Å². The topological polar surface area (TPSA) is 43.1 Å². The number of benzene rings is 1. The maximum atomic E-state index is 12.8. The van der Waals surface area contributed by atoms with Gasteiger partial charge in [-0.3, -0.25) is 10.1 Å². The van der Waals surface area contributed by atoms with Gasteiger partial charge in [0.25, 0.3) is 0 Å². The molecule has 0 radical (unpaired) electrons. The second-order valence-corrected chi connectivity index (χ2v) is 2.57. The fourth-order valence-corrected chi connectivity index (χ4v) is 0.884. The molecule has 4 heteroatoms. The summed E-state index contributed by atoms with van der Waals surface area (Å²) in [7, 11) is 0. The van der Waals surface area contributed by atoms with Crippen molar-refractivity contribution in [3.8, 4) is 0 Å². The molecule has 3 nitrogen and oxygen atoms in total. The van der Waals surface area contributed by atoms with Crippen LogP contribution in [0.1, 0.15) is 11.1 Å². The first-order valence-corrected chi connectivity index (χ1v) is 3.46. The highest BCUT2D eigenvalue weighted by molar-refractivity contribution is 5.22. The molecule has 0 aromatic heterocycles. The Hall–Kier alpha value is -1.45. The fraction of sp³-hybridized carbons (Fsp3) is 0.250. The maximum absolute atomic E-state index is 12.8. The zero-order valence-corrected chi connectivity index (χ0v) is 6.58. The van der Waals surface area contributed by atoms with Crippen LogP contribution in [0.25, 0.3) is 0 Å². The zero-order chi connectivity index (χ0) is 9.14. The van der Waals surface area contributed by atoms with Crippen LogP contribution in [0, 0.1) is 22.9 Å². The maximum Gasteiger partial charge on any atom is 0.229 e. The van der Waals surface area contributed by atoms with E-state index in [1.807, 2.05) is 0 Å². The zero-order valence-electron chi connectivity index (χ0n) is 6.58. The lowest BCUT2D eigenvalue weighted by Gasteiger charge is -1.97. The molecule has 0 atom stereocenters. The summed E-state index contributed by atoms with van der Waals surface area (Å²) in [6.07, 6.45) is 0. The van der Waals surface area contributed by atoms with Gasteiger partial charge in [-0.2, -0.15) is 0 Å². The lowest BCUT2D eigenvalue weighted by molar-refractivity contribution is -0.496. The van der Waals surface area contributed by atoms with E-state index in [-0.39, 0.29) is 6.54 Å². The predicted octanol–water partition coefficient (Wildman–Crippen LogP) is 1.91. The highest BCUT2D eigenvalue weighted by Gasteiger charge is 2.03. The van der Waals surface area contributed by atoms with Crippen molar-refractivity contribution in [2.24, 2.45) is 0 Å². The van der Waals surface area contributed by atoms with Gasteiger partial charge in [0.05, 0.1) is 0 Å². The summed E-state index contributed by atoms with van der Waals surface area (Å²) in [5, 5.41) is 10.0. The molecule has 64 valence electrons. The minimum atomic E-state index is -0.482. The average molecular weight is 169 g/mol. The van der Waals surface area contributed by atoms with Crippen molar-refractivity contribution >= 4 is 0 Å². The van der Waals surface area contributed by atoms with Gasteiger partial charge in [-0.1, -0.05) is 12.1 Å². The van der Waals surface area contributed by atoms with Crippen molar-refractivity contribution < 1.29 is 9.31 Å². The molecule has 1 rings (SSSR count). The van der Waals surface area contributed by atoms with Crippen LogP contribution < -0.4 is 0 Å². The minimum absolute atomic E-state index is 0.322. The van der Waals surface area contributed by atoms with Crippen LogP contribution >= 0.6 is 0 Å². The van der Waals surface area contributed by atoms with Gasteiger partial charge in [-0.15, -0.1) is 0 Å². The first kappa shape index (κ1) is 8.64. The Morgan fingerprint density at radius 1 is 1.58 bits per heavy atom. The summed E-state index contributed by atoms with van der Waals surface area (Å²) in [4.78, 5) is 9.57. The number of nitrogens with zero attached hydrogens (tertiary/aromatic N) is 1. The van der Waals surface area contributed by atoms with Crippen LogP contribution in [-0.2, 0) is 6.54 Å². The van der Waals surface area contributed by atoms with Crippen molar-refractivity contribution in [1.29, 1.82) is 0 Å². The Kier molecular flexibility index (Phi) is 2.38. The average Bonchev–Trinajstić information content (AvgIpc) is 1.96. The van der Waals surface area contributed by atoms with Gasteiger partial charge >= 0.3 is 0 Å². The normalized spacial score (nSPS) is 9.83. The second-order valence-electron chi connectivity index (χ2n) is 2.57. The summed E-state index contributed by atoms with van der Waals surface area (Å²) in [6.45, 7) is 1.29. The molecule has 1 aromatic rings. The van der Waals surface area contributed by atoms with E-state index in [2.05, 4.69) is 0 Å². The smallest absolute Gasteiger partial charge is 0.229 e. The molecule has 0 bridgehead atoms. The van der Waals surface area contributed by atoms with E-state index in [0.717, 1.165) is 0 Å². The van der Waals surface area contributed by atoms with Crippen LogP contribution in [0.4, 0.5) is 4.39 Å². The summed E-state index contributed by atoms with van der Waals surface area (Å²) in [5.41, 5.74) is 0.894. The standard InChI is InChI=1S/C8H8FNO2/c1-6-2-3-7(4-8(6)9)5-10(11)12/h2-4H,5H2,1H3. The molecule has 0 aliphatic rings. The van der Waals surface area contributed by atoms with Gasteiger partial charge < -0.3 is 0 Å². The highest BCUT2D eigenvalue weighted by atomic mass is 19.1. The summed E-state index contributed by atoms with van der Waals surface area (Å²) >= 11 is 0. The van der Waals surface area contributed by atoms with Crippen LogP contribution in [0.3, 0.4) is 0 Å². The molecule has 0 spiro atoms. The molecule has 0 fully saturated rings. The van der Waals surface area contributed by atoms with Crippen molar-refractivity contribution in [2.75, 3.05) is 0 Å². The largest absolute Gasteiger partial charge is 0.264 e. The van der Waals surface area contributed by atoms with E-state index in [1.165, 1.54) is 12.1 Å². The molecule has 0 amide bonds. The molecule has 0 unspecified atom stereocenters. The molecular weight excluding hydrogens is 161 g/mol. The number of rotatable bonds is 2. The first-order valence-electron chi connectivity index (χ1n) is 3.46. The minimum Gasteiger partial charge on any atom is -0.264 e. The molecule has 0 saturated heterocycles. The number of hydrogen-bond donors (Lipinski definition) is 0. The molecule has 0 saturated carbocycles. The molecule has 1 aromatic carbocycles. The van der Waals surface area contributed by atoms with E-state index >= 15 is 0 Å². The molecule has 12 heavy (non-hydrogen) atoms. The van der Waals surface area contributed by atoms with E-state index in [9.17, 15) is 14.5 Å². The molecular formula is C8H8FNO2. The van der Waals surface area contributed by atoms with Gasteiger partial charge in [-0.25, -0.2) is 4.39 Å². The van der Waals surface area contributed by atoms with Crippen LogP contribution in [0.15, 0.2) is 18.2 Å². The van der Waals surface area contributed by atoms with Crippen LogP contribution in [0.2, 0.25) is 0 Å². The Balaban J connectivity index is 2.89. The molecule has 0 N–H and O–H groups in total. The Morgan fingerprint density at radius 2 is 2.25 bits per heavy atom. The second kappa shape index (κ2) is 3.30. The van der Waals surface area contributed by atoms with Crippen molar-refractivity contribution in [2.45, 2.75) is 13.5 Å². The third kappa shape index (κ3) is 2.02. The van der Waals surface area contributed by atoms with Crippen molar-refractivity contribution in [3.63, 3.8) is 0 Å². The van der Waals surface area contributed by atoms with E-state index in [4.69, 9.17) is 0 Å².